The smallest absolute Gasteiger partial charge is 0.410 e. The number of nitrogens with one attached hydrogen (secondary N) is 1. The predicted molar refractivity (Wildman–Crippen MR) is 111 cm³/mol. The molecule has 27 heavy (non-hydrogen) atoms. The Morgan fingerprint density at radius 1 is 1.33 bits per heavy atom. The fourth-order valence-electron chi connectivity index (χ4n) is 3.25. The molecule has 1 aromatic rings. The van der Waals surface area contributed by atoms with Crippen molar-refractivity contribution in [3.63, 3.8) is 0 Å². The summed E-state index contributed by atoms with van der Waals surface area (Å²) in [6, 6.07) is 3.74. The molecule has 0 spiro atoms. The third-order valence-electron chi connectivity index (χ3n) is 4.54. The van der Waals surface area contributed by atoms with E-state index in [4.69, 9.17) is 10.5 Å². The van der Waals surface area contributed by atoms with Crippen LogP contribution in [0.15, 0.2) is 16.6 Å². The molecule has 1 heterocycles. The van der Waals surface area contributed by atoms with Gasteiger partial charge in [-0.25, -0.2) is 4.79 Å². The first-order chi connectivity index (χ1) is 12.6. The van der Waals surface area contributed by atoms with E-state index in [1.54, 1.807) is 11.0 Å². The Labute approximate surface area is 169 Å². The minimum Gasteiger partial charge on any atom is -0.444 e. The molecule has 6 nitrogen and oxygen atoms in total. The molecule has 2 amide bonds. The van der Waals surface area contributed by atoms with Gasteiger partial charge < -0.3 is 20.7 Å². The van der Waals surface area contributed by atoms with E-state index in [-0.39, 0.29) is 18.0 Å². The standard InChI is InChI=1S/C20H30BrN3O3/c1-13-11-15(17(22)16(21)12-13)18(25)23-9-8-14-7-5-6-10-24(14)19(26)27-20(2,3)4/h11-12,14H,5-10,22H2,1-4H3,(H,23,25). The van der Waals surface area contributed by atoms with Gasteiger partial charge in [0.15, 0.2) is 0 Å². The van der Waals surface area contributed by atoms with Crippen LogP contribution >= 0.6 is 15.9 Å². The number of rotatable bonds is 4. The van der Waals surface area contributed by atoms with Crippen LogP contribution in [0.3, 0.4) is 0 Å². The van der Waals surface area contributed by atoms with Crippen molar-refractivity contribution >= 4 is 33.6 Å². The molecule has 0 aliphatic carbocycles. The highest BCUT2D eigenvalue weighted by Crippen LogP contribution is 2.26. The Morgan fingerprint density at radius 3 is 2.70 bits per heavy atom. The summed E-state index contributed by atoms with van der Waals surface area (Å²) in [6.07, 6.45) is 3.40. The fourth-order valence-corrected chi connectivity index (χ4v) is 3.83. The lowest BCUT2D eigenvalue weighted by atomic mass is 9.99. The number of ether oxygens (including phenoxy) is 1. The molecule has 0 radical (unpaired) electrons. The first-order valence-electron chi connectivity index (χ1n) is 9.42. The van der Waals surface area contributed by atoms with Crippen LogP contribution in [0.2, 0.25) is 0 Å². The zero-order valence-corrected chi connectivity index (χ0v) is 18.2. The molecule has 1 aliphatic rings. The Hall–Kier alpha value is -1.76. The minimum absolute atomic E-state index is 0.0792. The Kier molecular flexibility index (Phi) is 7.14. The number of hydrogen-bond acceptors (Lipinski definition) is 4. The van der Waals surface area contributed by atoms with Gasteiger partial charge in [0.25, 0.3) is 5.91 Å². The molecule has 0 aromatic heterocycles. The normalized spacial score (nSPS) is 17.5. The molecule has 0 saturated carbocycles. The van der Waals surface area contributed by atoms with Crippen LogP contribution in [-0.2, 0) is 4.74 Å². The molecule has 1 saturated heterocycles. The maximum absolute atomic E-state index is 12.5. The van der Waals surface area contributed by atoms with Gasteiger partial charge in [-0.1, -0.05) is 0 Å². The first-order valence-corrected chi connectivity index (χ1v) is 10.2. The number of halogens is 1. The summed E-state index contributed by atoms with van der Waals surface area (Å²) in [6.45, 7) is 8.71. The van der Waals surface area contributed by atoms with Crippen molar-refractivity contribution in [2.45, 2.75) is 65.0 Å². The number of nitrogen functional groups attached to an aromatic ring is 1. The number of nitrogens with two attached hydrogens (primary N) is 1. The molecule has 1 fully saturated rings. The summed E-state index contributed by atoms with van der Waals surface area (Å²) in [5.41, 5.74) is 7.37. The molecule has 7 heteroatoms. The lowest BCUT2D eigenvalue weighted by Gasteiger charge is -2.36. The lowest BCUT2D eigenvalue weighted by molar-refractivity contribution is 0.00902. The lowest BCUT2D eigenvalue weighted by Crippen LogP contribution is -2.47. The van der Waals surface area contributed by atoms with E-state index in [0.29, 0.717) is 30.8 Å². The van der Waals surface area contributed by atoms with Crippen molar-refractivity contribution < 1.29 is 14.3 Å². The van der Waals surface area contributed by atoms with Crippen molar-refractivity contribution in [2.24, 2.45) is 0 Å². The average Bonchev–Trinajstić information content (AvgIpc) is 2.56. The van der Waals surface area contributed by atoms with Gasteiger partial charge in [-0.3, -0.25) is 4.79 Å². The molecule has 3 N–H and O–H groups in total. The zero-order chi connectivity index (χ0) is 20.2. The van der Waals surface area contributed by atoms with E-state index < -0.39 is 5.60 Å². The van der Waals surface area contributed by atoms with Gasteiger partial charge in [0.1, 0.15) is 5.60 Å². The van der Waals surface area contributed by atoms with Gasteiger partial charge in [-0.15, -0.1) is 0 Å². The van der Waals surface area contributed by atoms with Gasteiger partial charge >= 0.3 is 6.09 Å². The first kappa shape index (κ1) is 21.5. The monoisotopic (exact) mass is 439 g/mol. The van der Waals surface area contributed by atoms with E-state index in [1.165, 1.54) is 0 Å². The van der Waals surface area contributed by atoms with Crippen molar-refractivity contribution in [2.75, 3.05) is 18.8 Å². The number of likely N-dealkylation sites (tertiary alicyclic amines) is 1. The summed E-state index contributed by atoms with van der Waals surface area (Å²) < 4.78 is 6.24. The Balaban J connectivity index is 1.94. The van der Waals surface area contributed by atoms with E-state index >= 15 is 0 Å². The van der Waals surface area contributed by atoms with Gasteiger partial charge in [-0.2, -0.15) is 0 Å². The number of carbonyl (C=O) groups excluding carboxylic acids is 2. The molecule has 1 unspecified atom stereocenters. The van der Waals surface area contributed by atoms with E-state index in [9.17, 15) is 9.59 Å². The molecule has 1 aliphatic heterocycles. The Morgan fingerprint density at radius 2 is 2.04 bits per heavy atom. The maximum atomic E-state index is 12.5. The molecule has 2 rings (SSSR count). The van der Waals surface area contributed by atoms with Crippen LogP contribution in [0.4, 0.5) is 10.5 Å². The highest BCUT2D eigenvalue weighted by Gasteiger charge is 2.30. The second-order valence-electron chi connectivity index (χ2n) is 8.08. The van der Waals surface area contributed by atoms with Crippen LogP contribution in [-0.4, -0.2) is 41.6 Å². The predicted octanol–water partition coefficient (Wildman–Crippen LogP) is 4.25. The summed E-state index contributed by atoms with van der Waals surface area (Å²) in [5.74, 6) is -0.198. The maximum Gasteiger partial charge on any atom is 0.410 e. The molecule has 150 valence electrons. The number of carbonyl (C=O) groups is 2. The van der Waals surface area contributed by atoms with Crippen molar-refractivity contribution in [1.29, 1.82) is 0 Å². The second kappa shape index (κ2) is 8.95. The quantitative estimate of drug-likeness (QED) is 0.686. The van der Waals surface area contributed by atoms with Gasteiger partial charge in [0, 0.05) is 23.6 Å². The van der Waals surface area contributed by atoms with E-state index in [0.717, 1.165) is 29.3 Å². The number of hydrogen-bond donors (Lipinski definition) is 2. The number of aryl methyl sites for hydroxylation is 1. The number of piperidine rings is 1. The second-order valence-corrected chi connectivity index (χ2v) is 8.93. The van der Waals surface area contributed by atoms with Crippen molar-refractivity contribution in [3.8, 4) is 0 Å². The third kappa shape index (κ3) is 6.13. The topological polar surface area (TPSA) is 84.7 Å². The Bertz CT molecular complexity index is 700. The largest absolute Gasteiger partial charge is 0.444 e. The summed E-state index contributed by atoms with van der Waals surface area (Å²) in [4.78, 5) is 26.8. The molecule has 1 atom stereocenters. The summed E-state index contributed by atoms with van der Waals surface area (Å²) in [7, 11) is 0. The van der Waals surface area contributed by atoms with Crippen LogP contribution in [0.25, 0.3) is 0 Å². The highest BCUT2D eigenvalue weighted by molar-refractivity contribution is 9.10. The fraction of sp³-hybridized carbons (Fsp3) is 0.600. The van der Waals surface area contributed by atoms with Crippen molar-refractivity contribution in [1.82, 2.24) is 10.2 Å². The highest BCUT2D eigenvalue weighted by atomic mass is 79.9. The van der Waals surface area contributed by atoms with Crippen LogP contribution < -0.4 is 11.1 Å². The van der Waals surface area contributed by atoms with Crippen LogP contribution in [0, 0.1) is 6.92 Å². The molecule has 1 aromatic carbocycles. The third-order valence-corrected chi connectivity index (χ3v) is 5.19. The van der Waals surface area contributed by atoms with E-state index in [2.05, 4.69) is 21.2 Å². The molecular weight excluding hydrogens is 410 g/mol. The molecule has 0 bridgehead atoms. The molecular formula is C20H30BrN3O3. The van der Waals surface area contributed by atoms with Gasteiger partial charge in [0.2, 0.25) is 0 Å². The van der Waals surface area contributed by atoms with Gasteiger partial charge in [0.05, 0.1) is 11.3 Å². The van der Waals surface area contributed by atoms with E-state index in [1.807, 2.05) is 33.8 Å². The zero-order valence-electron chi connectivity index (χ0n) is 16.6. The minimum atomic E-state index is -0.511. The van der Waals surface area contributed by atoms with Crippen molar-refractivity contribution in [3.05, 3.63) is 27.7 Å². The number of anilines is 1. The van der Waals surface area contributed by atoms with Gasteiger partial charge in [-0.05, 0) is 87.0 Å². The average molecular weight is 440 g/mol. The summed E-state index contributed by atoms with van der Waals surface area (Å²) in [5, 5.41) is 2.93. The summed E-state index contributed by atoms with van der Waals surface area (Å²) >= 11 is 3.38. The number of amides is 2. The number of benzene rings is 1. The number of nitrogens with zero attached hydrogens (tertiary/aromatic N) is 1. The van der Waals surface area contributed by atoms with Crippen LogP contribution in [0.5, 0.6) is 0 Å². The SMILES string of the molecule is Cc1cc(Br)c(N)c(C(=O)NCCC2CCCCN2C(=O)OC(C)(C)C)c1. The van der Waals surface area contributed by atoms with Crippen LogP contribution in [0.1, 0.15) is 62.4 Å².